The van der Waals surface area contributed by atoms with E-state index in [1.54, 1.807) is 6.07 Å². The Balaban J connectivity index is 1.36. The van der Waals surface area contributed by atoms with E-state index in [1.165, 1.54) is 56.7 Å². The Bertz CT molecular complexity index is 1310. The van der Waals surface area contributed by atoms with Gasteiger partial charge in [-0.3, -0.25) is 4.90 Å². The highest BCUT2D eigenvalue weighted by atomic mass is 32.2. The fourth-order valence-corrected chi connectivity index (χ4v) is 10.1. The van der Waals surface area contributed by atoms with Crippen LogP contribution >= 0.6 is 0 Å². The largest absolute Gasteiger partial charge is 0.851 e. The topological polar surface area (TPSA) is 72.9 Å². The lowest BCUT2D eigenvalue weighted by Gasteiger charge is -2.50. The van der Waals surface area contributed by atoms with Gasteiger partial charge in [0.1, 0.15) is 5.75 Å². The van der Waals surface area contributed by atoms with E-state index >= 15 is 0 Å². The predicted molar refractivity (Wildman–Crippen MR) is 173 cm³/mol. The van der Waals surface area contributed by atoms with Crippen LogP contribution in [-0.4, -0.2) is 96.2 Å². The summed E-state index contributed by atoms with van der Waals surface area (Å²) < 4.78 is 35.3. The summed E-state index contributed by atoms with van der Waals surface area (Å²) in [5.74, 6) is 0.175. The number of rotatable bonds is 13. The van der Waals surface area contributed by atoms with Crippen LogP contribution < -0.4 is 14.7 Å². The minimum Gasteiger partial charge on any atom is -0.851 e. The number of unbranched alkanes of at least 4 members (excludes halogenated alkanes) is 2. The highest BCUT2D eigenvalue weighted by Gasteiger charge is 2.45. The highest BCUT2D eigenvalue weighted by molar-refractivity contribution is 7.91. The van der Waals surface area contributed by atoms with E-state index in [9.17, 15) is 13.5 Å². The second kappa shape index (κ2) is 13.5. The van der Waals surface area contributed by atoms with Gasteiger partial charge in [-0.2, -0.15) is 0 Å². The number of hydrogen-bond acceptors (Lipinski definition) is 6. The molecule has 2 bridgehead atoms. The lowest BCUT2D eigenvalue weighted by molar-refractivity contribution is -0.941. The molecular formula is C35H53N3O4S. The van der Waals surface area contributed by atoms with E-state index in [0.29, 0.717) is 29.9 Å². The van der Waals surface area contributed by atoms with Crippen LogP contribution in [0.2, 0.25) is 0 Å². The summed E-state index contributed by atoms with van der Waals surface area (Å²) in [5, 5.41) is 14.8. The Hall–Kier alpha value is -2.13. The molecule has 2 aromatic carbocycles. The average molecular weight is 612 g/mol. The molecule has 0 aromatic heterocycles. The van der Waals surface area contributed by atoms with Crippen LogP contribution in [0.4, 0.5) is 5.69 Å². The van der Waals surface area contributed by atoms with Crippen LogP contribution in [0.1, 0.15) is 75.8 Å². The SMILES string of the molecule is CCCCC1(CCC)CS(=O)(=O)c2ccc(N(C)C)cc2[C@@H](c2ccc(OCCCC[N+]34CCN(CC3)CC4)cc2)[C@H]1[O-]. The van der Waals surface area contributed by atoms with Crippen LogP contribution in [-0.2, 0) is 9.84 Å². The molecule has 0 saturated carbocycles. The molecule has 0 radical (unpaired) electrons. The maximum Gasteiger partial charge on any atom is 0.179 e. The van der Waals surface area contributed by atoms with Crippen molar-refractivity contribution in [1.29, 1.82) is 0 Å². The standard InChI is InChI=1S/C35H53N3O4S/c1-5-7-17-35(16-6-2)27-43(40,41)32-15-12-29(36(3)4)26-31(32)33(34(35)39)28-10-13-30(14-11-28)42-25-9-8-21-38-22-18-37(19-23-38)20-24-38/h10-15,26,33-34H,5-9,16-25,27H2,1-4H3/t33-,34-,35?/m1/s1. The lowest BCUT2D eigenvalue weighted by atomic mass is 9.68. The Morgan fingerprint density at radius 2 is 1.65 bits per heavy atom. The molecule has 4 heterocycles. The number of hydrogen-bond donors (Lipinski definition) is 0. The van der Waals surface area contributed by atoms with E-state index < -0.39 is 27.3 Å². The molecular weight excluding hydrogens is 558 g/mol. The van der Waals surface area contributed by atoms with E-state index in [1.807, 2.05) is 55.4 Å². The van der Waals surface area contributed by atoms with Gasteiger partial charge in [-0.25, -0.2) is 8.42 Å². The van der Waals surface area contributed by atoms with Gasteiger partial charge in [0, 0.05) is 39.4 Å². The molecule has 1 unspecified atom stereocenters. The minimum atomic E-state index is -3.64. The first-order chi connectivity index (χ1) is 20.6. The van der Waals surface area contributed by atoms with Gasteiger partial charge >= 0.3 is 0 Å². The normalized spacial score (nSPS) is 29.6. The molecule has 0 spiro atoms. The van der Waals surface area contributed by atoms with Gasteiger partial charge in [-0.1, -0.05) is 45.2 Å². The van der Waals surface area contributed by atoms with Crippen molar-refractivity contribution in [1.82, 2.24) is 4.90 Å². The lowest BCUT2D eigenvalue weighted by Crippen LogP contribution is -2.67. The van der Waals surface area contributed by atoms with Crippen molar-refractivity contribution >= 4 is 15.5 Å². The van der Waals surface area contributed by atoms with Crippen molar-refractivity contribution in [3.63, 3.8) is 0 Å². The Morgan fingerprint density at radius 1 is 0.953 bits per heavy atom. The molecule has 43 heavy (non-hydrogen) atoms. The molecule has 238 valence electrons. The molecule has 6 rings (SSSR count). The quantitative estimate of drug-likeness (QED) is 0.242. The number of quaternary nitrogens is 1. The summed E-state index contributed by atoms with van der Waals surface area (Å²) in [6, 6.07) is 13.5. The zero-order valence-electron chi connectivity index (χ0n) is 26.9. The van der Waals surface area contributed by atoms with Gasteiger partial charge in [0.25, 0.3) is 0 Å². The van der Waals surface area contributed by atoms with Gasteiger partial charge in [-0.15, -0.1) is 6.10 Å². The molecule has 0 amide bonds. The summed E-state index contributed by atoms with van der Waals surface area (Å²) in [6.07, 6.45) is 4.97. The maximum absolute atomic E-state index is 14.8. The van der Waals surface area contributed by atoms with Gasteiger partial charge in [0.2, 0.25) is 0 Å². The first-order valence-electron chi connectivity index (χ1n) is 16.6. The zero-order chi connectivity index (χ0) is 30.7. The summed E-state index contributed by atoms with van der Waals surface area (Å²) in [6.45, 7) is 13.7. The highest BCUT2D eigenvalue weighted by Crippen LogP contribution is 2.49. The fraction of sp³-hybridized carbons (Fsp3) is 0.657. The summed E-state index contributed by atoms with van der Waals surface area (Å²) >= 11 is 0. The number of ether oxygens (including phenoxy) is 1. The smallest absolute Gasteiger partial charge is 0.179 e. The predicted octanol–water partition coefficient (Wildman–Crippen LogP) is 4.68. The van der Waals surface area contributed by atoms with Crippen LogP contribution in [0.25, 0.3) is 0 Å². The van der Waals surface area contributed by atoms with E-state index in [0.717, 1.165) is 42.7 Å². The van der Waals surface area contributed by atoms with Crippen molar-refractivity contribution in [3.05, 3.63) is 53.6 Å². The molecule has 7 nitrogen and oxygen atoms in total. The summed E-state index contributed by atoms with van der Waals surface area (Å²) in [4.78, 5) is 4.88. The molecule has 4 aliphatic rings. The molecule has 3 atom stereocenters. The van der Waals surface area contributed by atoms with Gasteiger partial charge in [0.15, 0.2) is 9.84 Å². The Kier molecular flexibility index (Phi) is 10.1. The summed E-state index contributed by atoms with van der Waals surface area (Å²) in [5.41, 5.74) is 1.60. The second-order valence-electron chi connectivity index (χ2n) is 13.7. The van der Waals surface area contributed by atoms with Gasteiger partial charge in [-0.05, 0) is 78.5 Å². The molecule has 0 aliphatic carbocycles. The van der Waals surface area contributed by atoms with Crippen molar-refractivity contribution in [2.24, 2.45) is 5.41 Å². The monoisotopic (exact) mass is 611 g/mol. The van der Waals surface area contributed by atoms with Gasteiger partial charge < -0.3 is 19.2 Å². The third kappa shape index (κ3) is 6.92. The van der Waals surface area contributed by atoms with E-state index in [4.69, 9.17) is 4.74 Å². The Morgan fingerprint density at radius 3 is 2.28 bits per heavy atom. The van der Waals surface area contributed by atoms with Crippen LogP contribution in [0.3, 0.4) is 0 Å². The maximum atomic E-state index is 14.8. The third-order valence-electron chi connectivity index (χ3n) is 10.5. The number of benzene rings is 2. The third-order valence-corrected chi connectivity index (χ3v) is 12.5. The molecule has 3 saturated heterocycles. The average Bonchev–Trinajstić information content (AvgIpc) is 3.07. The Labute approximate surface area is 260 Å². The molecule has 8 heteroatoms. The fourth-order valence-electron chi connectivity index (χ4n) is 7.91. The van der Waals surface area contributed by atoms with Crippen LogP contribution in [0.15, 0.2) is 47.4 Å². The van der Waals surface area contributed by atoms with Crippen molar-refractivity contribution in [3.8, 4) is 5.75 Å². The van der Waals surface area contributed by atoms with Gasteiger partial charge in [0.05, 0.1) is 43.4 Å². The van der Waals surface area contributed by atoms with Crippen molar-refractivity contribution in [2.75, 3.05) is 77.2 Å². The molecule has 4 aliphatic heterocycles. The number of piperazine rings is 3. The first-order valence-corrected chi connectivity index (χ1v) is 18.3. The number of fused-ring (bicyclic) bond motifs is 4. The van der Waals surface area contributed by atoms with E-state index in [-0.39, 0.29) is 5.75 Å². The second-order valence-corrected chi connectivity index (χ2v) is 15.7. The molecule has 3 fully saturated rings. The summed E-state index contributed by atoms with van der Waals surface area (Å²) in [7, 11) is 0.253. The zero-order valence-corrected chi connectivity index (χ0v) is 27.7. The number of anilines is 1. The van der Waals surface area contributed by atoms with Crippen molar-refractivity contribution < 1.29 is 22.7 Å². The first kappa shape index (κ1) is 32.3. The minimum absolute atomic E-state index is 0.0771. The molecule has 2 aromatic rings. The van der Waals surface area contributed by atoms with Crippen LogP contribution in [0, 0.1) is 5.41 Å². The van der Waals surface area contributed by atoms with Crippen molar-refractivity contribution in [2.45, 2.75) is 75.7 Å². The number of nitrogens with zero attached hydrogens (tertiary/aromatic N) is 3. The molecule has 0 N–H and O–H groups in total. The van der Waals surface area contributed by atoms with Crippen LogP contribution in [0.5, 0.6) is 5.75 Å². The van der Waals surface area contributed by atoms with E-state index in [2.05, 4.69) is 18.7 Å². The number of sulfone groups is 1.